The van der Waals surface area contributed by atoms with Gasteiger partial charge in [-0.15, -0.1) is 0 Å². The first-order valence-electron chi connectivity index (χ1n) is 5.20. The Kier molecular flexibility index (Phi) is 3.41. The van der Waals surface area contributed by atoms with E-state index in [1.54, 1.807) is 18.5 Å². The quantitative estimate of drug-likeness (QED) is 0.889. The molecule has 0 spiro atoms. The minimum absolute atomic E-state index is 0.100. The van der Waals surface area contributed by atoms with Crippen LogP contribution < -0.4 is 5.73 Å². The fourth-order valence-electron chi connectivity index (χ4n) is 1.65. The molecular weight excluding hydrogens is 239 g/mol. The lowest BCUT2D eigenvalue weighted by Gasteiger charge is -2.13. The molecule has 88 valence electrons. The Morgan fingerprint density at radius 1 is 1.24 bits per heavy atom. The van der Waals surface area contributed by atoms with Gasteiger partial charge >= 0.3 is 0 Å². The van der Waals surface area contributed by atoms with Gasteiger partial charge in [-0.1, -0.05) is 23.7 Å². The number of benzene rings is 1. The van der Waals surface area contributed by atoms with Gasteiger partial charge in [0.25, 0.3) is 0 Å². The molecule has 2 N–H and O–H groups in total. The Balaban J connectivity index is 2.36. The van der Waals surface area contributed by atoms with Crippen LogP contribution in [0.5, 0.6) is 0 Å². The molecule has 1 aromatic heterocycles. The molecule has 1 aromatic carbocycles. The first kappa shape index (κ1) is 12.0. The van der Waals surface area contributed by atoms with Crippen LogP contribution in [0.2, 0.25) is 5.02 Å². The molecule has 17 heavy (non-hydrogen) atoms. The third-order valence-electron chi connectivity index (χ3n) is 2.56. The Morgan fingerprint density at radius 2 is 2.00 bits per heavy atom. The van der Waals surface area contributed by atoms with Crippen molar-refractivity contribution in [2.45, 2.75) is 13.0 Å². The zero-order valence-electron chi connectivity index (χ0n) is 9.32. The van der Waals surface area contributed by atoms with Crippen LogP contribution >= 0.6 is 11.6 Å². The minimum atomic E-state index is -0.458. The van der Waals surface area contributed by atoms with Crippen molar-refractivity contribution in [2.24, 2.45) is 5.73 Å². The first-order chi connectivity index (χ1) is 8.08. The summed E-state index contributed by atoms with van der Waals surface area (Å²) in [6, 6.07) is 6.13. The van der Waals surface area contributed by atoms with Gasteiger partial charge in [0.05, 0.1) is 11.1 Å². The van der Waals surface area contributed by atoms with Gasteiger partial charge in [-0.05, 0) is 35.7 Å². The number of aromatic nitrogens is 1. The van der Waals surface area contributed by atoms with Crippen LogP contribution in [-0.4, -0.2) is 4.98 Å². The third kappa shape index (κ3) is 2.62. The standard InChI is InChI=1S/C13H12ClFN2/c1-8-4-10(7-17-6-8)13(16)9-2-3-11(14)12(15)5-9/h2-7,13H,16H2,1H3. The fourth-order valence-corrected chi connectivity index (χ4v) is 1.76. The Hall–Kier alpha value is -1.45. The number of nitrogens with two attached hydrogens (primary N) is 1. The summed E-state index contributed by atoms with van der Waals surface area (Å²) in [5, 5.41) is 0.100. The van der Waals surface area contributed by atoms with Gasteiger partial charge in [0.15, 0.2) is 0 Å². The average molecular weight is 251 g/mol. The molecule has 0 amide bonds. The van der Waals surface area contributed by atoms with Gasteiger partial charge in [-0.2, -0.15) is 0 Å². The topological polar surface area (TPSA) is 38.9 Å². The van der Waals surface area contributed by atoms with E-state index in [9.17, 15) is 4.39 Å². The van der Waals surface area contributed by atoms with Crippen LogP contribution in [0.15, 0.2) is 36.7 Å². The van der Waals surface area contributed by atoms with Crippen molar-refractivity contribution < 1.29 is 4.39 Å². The predicted molar refractivity (Wildman–Crippen MR) is 66.4 cm³/mol. The molecule has 0 fully saturated rings. The van der Waals surface area contributed by atoms with Crippen LogP contribution in [0.1, 0.15) is 22.7 Å². The number of aryl methyl sites for hydroxylation is 1. The van der Waals surface area contributed by atoms with Crippen LogP contribution in [0, 0.1) is 12.7 Å². The molecule has 0 aliphatic rings. The maximum absolute atomic E-state index is 13.3. The highest BCUT2D eigenvalue weighted by Crippen LogP contribution is 2.23. The second kappa shape index (κ2) is 4.82. The van der Waals surface area contributed by atoms with Gasteiger partial charge in [-0.25, -0.2) is 4.39 Å². The van der Waals surface area contributed by atoms with E-state index in [2.05, 4.69) is 4.98 Å². The van der Waals surface area contributed by atoms with Crippen molar-refractivity contribution in [1.82, 2.24) is 4.98 Å². The molecule has 0 saturated carbocycles. The summed E-state index contributed by atoms with van der Waals surface area (Å²) in [5.41, 5.74) is 8.61. The van der Waals surface area contributed by atoms with E-state index >= 15 is 0 Å². The lowest BCUT2D eigenvalue weighted by atomic mass is 10.0. The molecule has 0 aliphatic heterocycles. The lowest BCUT2D eigenvalue weighted by molar-refractivity contribution is 0.624. The normalized spacial score (nSPS) is 12.5. The van der Waals surface area contributed by atoms with Crippen LogP contribution in [0.25, 0.3) is 0 Å². The van der Waals surface area contributed by atoms with Crippen molar-refractivity contribution in [3.8, 4) is 0 Å². The van der Waals surface area contributed by atoms with E-state index in [4.69, 9.17) is 17.3 Å². The van der Waals surface area contributed by atoms with Crippen molar-refractivity contribution in [1.29, 1.82) is 0 Å². The summed E-state index contributed by atoms with van der Waals surface area (Å²) in [4.78, 5) is 4.07. The summed E-state index contributed by atoms with van der Waals surface area (Å²) in [7, 11) is 0. The van der Waals surface area contributed by atoms with Gasteiger partial charge in [0.2, 0.25) is 0 Å². The van der Waals surface area contributed by atoms with Crippen molar-refractivity contribution in [3.63, 3.8) is 0 Å². The van der Waals surface area contributed by atoms with E-state index in [1.807, 2.05) is 13.0 Å². The van der Waals surface area contributed by atoms with Gasteiger partial charge < -0.3 is 5.73 Å². The van der Waals surface area contributed by atoms with E-state index in [0.717, 1.165) is 11.1 Å². The number of rotatable bonds is 2. The zero-order chi connectivity index (χ0) is 12.4. The molecule has 2 nitrogen and oxygen atoms in total. The number of nitrogens with zero attached hydrogens (tertiary/aromatic N) is 1. The second-order valence-electron chi connectivity index (χ2n) is 3.95. The highest BCUT2D eigenvalue weighted by Gasteiger charge is 2.11. The van der Waals surface area contributed by atoms with Crippen LogP contribution in [0.3, 0.4) is 0 Å². The summed E-state index contributed by atoms with van der Waals surface area (Å²) >= 11 is 5.63. The molecule has 1 heterocycles. The average Bonchev–Trinajstić information content (AvgIpc) is 2.32. The number of pyridine rings is 1. The van der Waals surface area contributed by atoms with E-state index < -0.39 is 11.9 Å². The molecule has 0 aliphatic carbocycles. The summed E-state index contributed by atoms with van der Waals surface area (Å²) in [5.74, 6) is -0.458. The highest BCUT2D eigenvalue weighted by molar-refractivity contribution is 6.30. The van der Waals surface area contributed by atoms with E-state index in [1.165, 1.54) is 12.1 Å². The molecule has 1 atom stereocenters. The van der Waals surface area contributed by atoms with Gasteiger partial charge in [0.1, 0.15) is 5.82 Å². The molecule has 2 rings (SSSR count). The number of halogens is 2. The van der Waals surface area contributed by atoms with Crippen molar-refractivity contribution in [2.75, 3.05) is 0 Å². The van der Waals surface area contributed by atoms with Crippen LogP contribution in [-0.2, 0) is 0 Å². The van der Waals surface area contributed by atoms with Crippen LogP contribution in [0.4, 0.5) is 4.39 Å². The summed E-state index contributed by atoms with van der Waals surface area (Å²) < 4.78 is 13.3. The Labute approximate surface area is 104 Å². The Morgan fingerprint density at radius 3 is 2.65 bits per heavy atom. The number of hydrogen-bond acceptors (Lipinski definition) is 2. The molecule has 0 saturated heterocycles. The SMILES string of the molecule is Cc1cncc(C(N)c2ccc(Cl)c(F)c2)c1. The monoisotopic (exact) mass is 250 g/mol. The molecule has 0 radical (unpaired) electrons. The lowest BCUT2D eigenvalue weighted by Crippen LogP contribution is -2.12. The third-order valence-corrected chi connectivity index (χ3v) is 2.86. The molecule has 1 unspecified atom stereocenters. The van der Waals surface area contributed by atoms with Crippen molar-refractivity contribution in [3.05, 3.63) is 64.2 Å². The smallest absolute Gasteiger partial charge is 0.142 e. The Bertz CT molecular complexity index is 543. The largest absolute Gasteiger partial charge is 0.320 e. The fraction of sp³-hybridized carbons (Fsp3) is 0.154. The van der Waals surface area contributed by atoms with Gasteiger partial charge in [-0.3, -0.25) is 4.98 Å². The first-order valence-corrected chi connectivity index (χ1v) is 5.58. The number of hydrogen-bond donors (Lipinski definition) is 1. The van der Waals surface area contributed by atoms with Crippen molar-refractivity contribution >= 4 is 11.6 Å². The molecule has 2 aromatic rings. The maximum Gasteiger partial charge on any atom is 0.142 e. The highest BCUT2D eigenvalue weighted by atomic mass is 35.5. The van der Waals surface area contributed by atoms with E-state index in [0.29, 0.717) is 5.56 Å². The van der Waals surface area contributed by atoms with E-state index in [-0.39, 0.29) is 5.02 Å². The zero-order valence-corrected chi connectivity index (χ0v) is 10.1. The molecular formula is C13H12ClFN2. The molecule has 0 bridgehead atoms. The second-order valence-corrected chi connectivity index (χ2v) is 4.35. The van der Waals surface area contributed by atoms with Gasteiger partial charge in [0, 0.05) is 12.4 Å². The predicted octanol–water partition coefficient (Wildman–Crippen LogP) is 3.23. The summed E-state index contributed by atoms with van der Waals surface area (Å²) in [6.45, 7) is 1.94. The minimum Gasteiger partial charge on any atom is -0.320 e. The maximum atomic E-state index is 13.3. The molecule has 4 heteroatoms. The summed E-state index contributed by atoms with van der Waals surface area (Å²) in [6.07, 6.45) is 3.43.